The van der Waals surface area contributed by atoms with Gasteiger partial charge in [-0.25, -0.2) is 0 Å². The van der Waals surface area contributed by atoms with Gasteiger partial charge in [0.05, 0.1) is 0 Å². The maximum atomic E-state index is 6.06. The molecule has 1 atom stereocenters. The van der Waals surface area contributed by atoms with E-state index in [9.17, 15) is 0 Å². The normalized spacial score (nSPS) is 18.0. The van der Waals surface area contributed by atoms with Crippen LogP contribution in [0.5, 0.6) is 0 Å². The Balaban J connectivity index is 1.54. The molecule has 126 valence electrons. The summed E-state index contributed by atoms with van der Waals surface area (Å²) in [4.78, 5) is 6.97. The van der Waals surface area contributed by atoms with E-state index in [1.807, 2.05) is 0 Å². The van der Waals surface area contributed by atoms with E-state index in [0.717, 1.165) is 31.7 Å². The van der Waals surface area contributed by atoms with E-state index in [-0.39, 0.29) is 0 Å². The quantitative estimate of drug-likeness (QED) is 0.668. The molecule has 1 heterocycles. The van der Waals surface area contributed by atoms with Crippen LogP contribution in [0.1, 0.15) is 17.5 Å². The van der Waals surface area contributed by atoms with Crippen molar-refractivity contribution in [2.75, 3.05) is 29.9 Å². The minimum atomic E-state index is 0.498. The van der Waals surface area contributed by atoms with Crippen molar-refractivity contribution in [1.29, 1.82) is 0 Å². The summed E-state index contributed by atoms with van der Waals surface area (Å²) in [7, 11) is 0. The Bertz CT molecular complexity index is 689. The van der Waals surface area contributed by atoms with E-state index in [1.165, 1.54) is 16.8 Å². The number of guanidine groups is 1. The van der Waals surface area contributed by atoms with Crippen molar-refractivity contribution in [3.63, 3.8) is 0 Å². The van der Waals surface area contributed by atoms with Gasteiger partial charge in [0.1, 0.15) is 0 Å². The smallest absolute Gasteiger partial charge is 0.193 e. The molecule has 0 aliphatic carbocycles. The van der Waals surface area contributed by atoms with Crippen molar-refractivity contribution in [3.05, 3.63) is 59.7 Å². The van der Waals surface area contributed by atoms with Gasteiger partial charge >= 0.3 is 0 Å². The minimum Gasteiger partial charge on any atom is -0.371 e. The fourth-order valence-electron chi connectivity index (χ4n) is 3.32. The lowest BCUT2D eigenvalue weighted by Crippen LogP contribution is -2.25. The van der Waals surface area contributed by atoms with Crippen molar-refractivity contribution < 1.29 is 0 Å². The average molecular weight is 322 g/mol. The monoisotopic (exact) mass is 322 g/mol. The SMILES string of the molecule is Cc1cc(C)cc(NC(N)=NCC2CCN(c3ccccc3)C2)c1. The van der Waals surface area contributed by atoms with E-state index in [4.69, 9.17) is 5.73 Å². The summed E-state index contributed by atoms with van der Waals surface area (Å²) in [6.45, 7) is 7.08. The molecule has 1 unspecified atom stereocenters. The third-order valence-electron chi connectivity index (χ3n) is 4.42. The highest BCUT2D eigenvalue weighted by Gasteiger charge is 2.22. The first-order valence-corrected chi connectivity index (χ1v) is 8.55. The van der Waals surface area contributed by atoms with Gasteiger partial charge in [0.15, 0.2) is 5.96 Å². The van der Waals surface area contributed by atoms with Gasteiger partial charge in [-0.1, -0.05) is 24.3 Å². The first-order chi connectivity index (χ1) is 11.6. The maximum absolute atomic E-state index is 6.06. The second-order valence-electron chi connectivity index (χ2n) is 6.66. The molecule has 1 aliphatic rings. The molecule has 0 spiro atoms. The van der Waals surface area contributed by atoms with E-state index >= 15 is 0 Å². The van der Waals surface area contributed by atoms with Crippen LogP contribution in [-0.4, -0.2) is 25.6 Å². The number of nitrogens with zero attached hydrogens (tertiary/aromatic N) is 2. The Morgan fingerprint density at radius 2 is 1.88 bits per heavy atom. The number of aliphatic imine (C=N–C) groups is 1. The zero-order valence-electron chi connectivity index (χ0n) is 14.5. The zero-order chi connectivity index (χ0) is 16.9. The molecule has 0 bridgehead atoms. The van der Waals surface area contributed by atoms with Gasteiger partial charge in [0.25, 0.3) is 0 Å². The molecule has 3 N–H and O–H groups in total. The summed E-state index contributed by atoms with van der Waals surface area (Å²) in [5.41, 5.74) is 10.8. The standard InChI is InChI=1S/C20H26N4/c1-15-10-16(2)12-18(11-15)23-20(21)22-13-17-8-9-24(14-17)19-6-4-3-5-7-19/h3-7,10-12,17H,8-9,13-14H2,1-2H3,(H3,21,22,23). The third kappa shape index (κ3) is 4.28. The fraction of sp³-hybridized carbons (Fsp3) is 0.350. The second-order valence-corrected chi connectivity index (χ2v) is 6.66. The summed E-state index contributed by atoms with van der Waals surface area (Å²) >= 11 is 0. The number of nitrogens with one attached hydrogen (secondary N) is 1. The highest BCUT2D eigenvalue weighted by atomic mass is 15.2. The molecular weight excluding hydrogens is 296 g/mol. The number of benzene rings is 2. The fourth-order valence-corrected chi connectivity index (χ4v) is 3.32. The van der Waals surface area contributed by atoms with Crippen molar-refractivity contribution in [2.45, 2.75) is 20.3 Å². The molecule has 0 amide bonds. The predicted octanol–water partition coefficient (Wildman–Crippen LogP) is 3.56. The molecular formula is C20H26N4. The van der Waals surface area contributed by atoms with E-state index < -0.39 is 0 Å². The van der Waals surface area contributed by atoms with Crippen LogP contribution in [0.2, 0.25) is 0 Å². The van der Waals surface area contributed by atoms with Crippen LogP contribution >= 0.6 is 0 Å². The largest absolute Gasteiger partial charge is 0.371 e. The van der Waals surface area contributed by atoms with Gasteiger partial charge in [0.2, 0.25) is 0 Å². The highest BCUT2D eigenvalue weighted by Crippen LogP contribution is 2.23. The first kappa shape index (κ1) is 16.4. The first-order valence-electron chi connectivity index (χ1n) is 8.55. The molecule has 4 heteroatoms. The Morgan fingerprint density at radius 1 is 1.17 bits per heavy atom. The topological polar surface area (TPSA) is 53.6 Å². The van der Waals surface area contributed by atoms with E-state index in [1.54, 1.807) is 0 Å². The molecule has 2 aromatic carbocycles. The number of para-hydroxylation sites is 1. The van der Waals surface area contributed by atoms with E-state index in [0.29, 0.717) is 11.9 Å². The number of hydrogen-bond acceptors (Lipinski definition) is 2. The second kappa shape index (κ2) is 7.39. The van der Waals surface area contributed by atoms with Gasteiger partial charge in [-0.3, -0.25) is 4.99 Å². The number of nitrogens with two attached hydrogens (primary N) is 1. The van der Waals surface area contributed by atoms with Crippen molar-refractivity contribution in [3.8, 4) is 0 Å². The van der Waals surface area contributed by atoms with Crippen molar-refractivity contribution >= 4 is 17.3 Å². The van der Waals surface area contributed by atoms with Crippen LogP contribution in [0.25, 0.3) is 0 Å². The molecule has 0 radical (unpaired) electrons. The summed E-state index contributed by atoms with van der Waals surface area (Å²) in [5.74, 6) is 1.06. The van der Waals surface area contributed by atoms with Crippen LogP contribution in [0.15, 0.2) is 53.5 Å². The molecule has 24 heavy (non-hydrogen) atoms. The van der Waals surface area contributed by atoms with Crippen LogP contribution in [0, 0.1) is 19.8 Å². The molecule has 1 aliphatic heterocycles. The Morgan fingerprint density at radius 3 is 2.58 bits per heavy atom. The van der Waals surface area contributed by atoms with Gasteiger partial charge in [-0.15, -0.1) is 0 Å². The minimum absolute atomic E-state index is 0.498. The molecule has 0 aromatic heterocycles. The number of hydrogen-bond donors (Lipinski definition) is 2. The molecule has 2 aromatic rings. The van der Waals surface area contributed by atoms with E-state index in [2.05, 4.69) is 77.6 Å². The molecule has 1 fully saturated rings. The number of aryl methyl sites for hydroxylation is 2. The van der Waals surface area contributed by atoms with Crippen LogP contribution in [0.3, 0.4) is 0 Å². The van der Waals surface area contributed by atoms with Crippen LogP contribution in [0.4, 0.5) is 11.4 Å². The zero-order valence-corrected chi connectivity index (χ0v) is 14.5. The molecule has 4 nitrogen and oxygen atoms in total. The van der Waals surface area contributed by atoms with Gasteiger partial charge < -0.3 is 16.0 Å². The predicted molar refractivity (Wildman–Crippen MR) is 103 cm³/mol. The van der Waals surface area contributed by atoms with Crippen LogP contribution in [-0.2, 0) is 0 Å². The maximum Gasteiger partial charge on any atom is 0.193 e. The lowest BCUT2D eigenvalue weighted by Gasteiger charge is -2.18. The van der Waals surface area contributed by atoms with Gasteiger partial charge in [-0.05, 0) is 61.6 Å². The Labute approximate surface area is 144 Å². The van der Waals surface area contributed by atoms with Gasteiger partial charge in [-0.2, -0.15) is 0 Å². The summed E-state index contributed by atoms with van der Waals surface area (Å²) in [5, 5.41) is 3.20. The number of rotatable bonds is 4. The highest BCUT2D eigenvalue weighted by molar-refractivity contribution is 5.92. The number of anilines is 2. The lowest BCUT2D eigenvalue weighted by molar-refractivity contribution is 0.603. The summed E-state index contributed by atoms with van der Waals surface area (Å²) in [6, 6.07) is 16.9. The molecule has 0 saturated carbocycles. The van der Waals surface area contributed by atoms with Crippen LogP contribution < -0.4 is 16.0 Å². The third-order valence-corrected chi connectivity index (χ3v) is 4.42. The van der Waals surface area contributed by atoms with Gasteiger partial charge in [0, 0.05) is 31.0 Å². The summed E-state index contributed by atoms with van der Waals surface area (Å²) in [6.07, 6.45) is 1.16. The van der Waals surface area contributed by atoms with Crippen molar-refractivity contribution in [2.24, 2.45) is 16.6 Å². The lowest BCUT2D eigenvalue weighted by atomic mass is 10.1. The Kier molecular flexibility index (Phi) is 5.04. The molecule has 1 saturated heterocycles. The van der Waals surface area contributed by atoms with Crippen molar-refractivity contribution in [1.82, 2.24) is 0 Å². The average Bonchev–Trinajstić information content (AvgIpc) is 3.02. The Hall–Kier alpha value is -2.49. The summed E-state index contributed by atoms with van der Waals surface area (Å²) < 4.78 is 0. The molecule has 3 rings (SSSR count).